The summed E-state index contributed by atoms with van der Waals surface area (Å²) in [4.78, 5) is 13.2. The van der Waals surface area contributed by atoms with Gasteiger partial charge in [0.25, 0.3) is 0 Å². The standard InChI is InChI=1S/C14H18BrNO4/c1-16(4-3-14(17)18-2)9-10-7-12-13(8-11(10)15)20-6-5-19-12/h7-8H,3-6,9H2,1-2H3. The van der Waals surface area contributed by atoms with E-state index in [1.54, 1.807) is 0 Å². The number of carbonyl (C=O) groups excluding carboxylic acids is 1. The fraction of sp³-hybridized carbons (Fsp3) is 0.500. The van der Waals surface area contributed by atoms with Crippen molar-refractivity contribution in [1.82, 2.24) is 4.90 Å². The highest BCUT2D eigenvalue weighted by Crippen LogP contribution is 2.35. The lowest BCUT2D eigenvalue weighted by Crippen LogP contribution is -2.22. The smallest absolute Gasteiger partial charge is 0.306 e. The van der Waals surface area contributed by atoms with Crippen molar-refractivity contribution in [3.8, 4) is 11.5 Å². The summed E-state index contributed by atoms with van der Waals surface area (Å²) in [5.74, 6) is 1.35. The van der Waals surface area contributed by atoms with Crippen LogP contribution in [0, 0.1) is 0 Å². The minimum absolute atomic E-state index is 0.196. The lowest BCUT2D eigenvalue weighted by atomic mass is 10.2. The van der Waals surface area contributed by atoms with Crippen molar-refractivity contribution in [3.63, 3.8) is 0 Å². The Hall–Kier alpha value is -1.27. The van der Waals surface area contributed by atoms with Crippen LogP contribution in [0.1, 0.15) is 12.0 Å². The molecule has 0 amide bonds. The first-order valence-corrected chi connectivity index (χ1v) is 7.23. The van der Waals surface area contributed by atoms with Crippen LogP contribution >= 0.6 is 15.9 Å². The lowest BCUT2D eigenvalue weighted by Gasteiger charge is -2.22. The zero-order valence-corrected chi connectivity index (χ0v) is 13.2. The molecule has 20 heavy (non-hydrogen) atoms. The molecule has 0 N–H and O–H groups in total. The molecule has 0 aliphatic carbocycles. The molecule has 0 fully saturated rings. The van der Waals surface area contributed by atoms with Crippen LogP contribution in [0.15, 0.2) is 16.6 Å². The van der Waals surface area contributed by atoms with E-state index in [0.29, 0.717) is 32.7 Å². The quantitative estimate of drug-likeness (QED) is 0.767. The van der Waals surface area contributed by atoms with Gasteiger partial charge in [0.15, 0.2) is 11.5 Å². The van der Waals surface area contributed by atoms with Crippen LogP contribution in [0.4, 0.5) is 0 Å². The Morgan fingerprint density at radius 3 is 2.65 bits per heavy atom. The molecule has 1 heterocycles. The van der Waals surface area contributed by atoms with Gasteiger partial charge in [-0.1, -0.05) is 15.9 Å². The number of halogens is 1. The van der Waals surface area contributed by atoms with Crippen molar-refractivity contribution >= 4 is 21.9 Å². The number of esters is 1. The maximum absolute atomic E-state index is 11.1. The van der Waals surface area contributed by atoms with E-state index < -0.39 is 0 Å². The number of carbonyl (C=O) groups is 1. The first-order valence-electron chi connectivity index (χ1n) is 6.43. The van der Waals surface area contributed by atoms with Gasteiger partial charge in [0, 0.05) is 17.6 Å². The van der Waals surface area contributed by atoms with E-state index in [-0.39, 0.29) is 5.97 Å². The number of ether oxygens (including phenoxy) is 3. The Morgan fingerprint density at radius 1 is 1.35 bits per heavy atom. The number of benzene rings is 1. The molecule has 0 unspecified atom stereocenters. The first-order chi connectivity index (χ1) is 9.60. The molecule has 1 aromatic carbocycles. The average Bonchev–Trinajstić information content (AvgIpc) is 2.45. The molecule has 0 aromatic heterocycles. The molecule has 0 spiro atoms. The normalized spacial score (nSPS) is 13.4. The molecule has 2 rings (SSSR count). The molecule has 110 valence electrons. The second kappa shape index (κ2) is 6.95. The third-order valence-corrected chi connectivity index (χ3v) is 3.82. The van der Waals surface area contributed by atoms with Crippen LogP contribution in [0.2, 0.25) is 0 Å². The van der Waals surface area contributed by atoms with Gasteiger partial charge in [-0.25, -0.2) is 0 Å². The van der Waals surface area contributed by atoms with Gasteiger partial charge in [0.2, 0.25) is 0 Å². The van der Waals surface area contributed by atoms with Gasteiger partial charge in [-0.05, 0) is 24.7 Å². The zero-order chi connectivity index (χ0) is 14.5. The summed E-state index contributed by atoms with van der Waals surface area (Å²) < 4.78 is 16.7. The molecular weight excluding hydrogens is 326 g/mol. The Kier molecular flexibility index (Phi) is 5.25. The molecule has 6 heteroatoms. The number of fused-ring (bicyclic) bond motifs is 1. The van der Waals surface area contributed by atoms with Crippen molar-refractivity contribution in [1.29, 1.82) is 0 Å². The number of nitrogens with zero attached hydrogens (tertiary/aromatic N) is 1. The second-order valence-corrected chi connectivity index (χ2v) is 5.51. The van der Waals surface area contributed by atoms with E-state index in [0.717, 1.165) is 21.5 Å². The highest BCUT2D eigenvalue weighted by Gasteiger charge is 2.16. The third-order valence-electron chi connectivity index (χ3n) is 3.08. The van der Waals surface area contributed by atoms with Crippen molar-refractivity contribution in [2.75, 3.05) is 33.9 Å². The molecule has 0 atom stereocenters. The first kappa shape index (κ1) is 15.1. The Labute approximate surface area is 126 Å². The molecule has 1 aliphatic heterocycles. The number of hydrogen-bond donors (Lipinski definition) is 0. The van der Waals surface area contributed by atoms with E-state index in [9.17, 15) is 4.79 Å². The van der Waals surface area contributed by atoms with Crippen LogP contribution in [0.5, 0.6) is 11.5 Å². The van der Waals surface area contributed by atoms with Gasteiger partial charge >= 0.3 is 5.97 Å². The van der Waals surface area contributed by atoms with E-state index in [1.165, 1.54) is 7.11 Å². The van der Waals surface area contributed by atoms with Gasteiger partial charge in [-0.15, -0.1) is 0 Å². The summed E-state index contributed by atoms with van der Waals surface area (Å²) >= 11 is 3.54. The average molecular weight is 344 g/mol. The molecule has 0 bridgehead atoms. The molecule has 1 aromatic rings. The summed E-state index contributed by atoms with van der Waals surface area (Å²) in [5, 5.41) is 0. The van der Waals surface area contributed by atoms with Crippen molar-refractivity contribution in [2.45, 2.75) is 13.0 Å². The van der Waals surface area contributed by atoms with Crippen LogP contribution in [0.25, 0.3) is 0 Å². The van der Waals surface area contributed by atoms with Crippen LogP contribution < -0.4 is 9.47 Å². The molecule has 0 saturated carbocycles. The van der Waals surface area contributed by atoms with Crippen molar-refractivity contribution in [2.24, 2.45) is 0 Å². The summed E-state index contributed by atoms with van der Waals surface area (Å²) in [6.45, 7) is 2.52. The number of rotatable bonds is 5. The largest absolute Gasteiger partial charge is 0.486 e. The van der Waals surface area contributed by atoms with Gasteiger partial charge in [-0.2, -0.15) is 0 Å². The maximum atomic E-state index is 11.1. The zero-order valence-electron chi connectivity index (χ0n) is 11.6. The predicted octanol–water partition coefficient (Wildman–Crippen LogP) is 2.22. The van der Waals surface area contributed by atoms with E-state index in [4.69, 9.17) is 9.47 Å². The highest BCUT2D eigenvalue weighted by atomic mass is 79.9. The molecule has 5 nitrogen and oxygen atoms in total. The molecular formula is C14H18BrNO4. The van der Waals surface area contributed by atoms with Gasteiger partial charge in [0.05, 0.1) is 13.5 Å². The van der Waals surface area contributed by atoms with Crippen molar-refractivity contribution in [3.05, 3.63) is 22.2 Å². The Morgan fingerprint density at radius 2 is 2.00 bits per heavy atom. The van der Waals surface area contributed by atoms with E-state index in [1.807, 2.05) is 19.2 Å². The SMILES string of the molecule is COC(=O)CCN(C)Cc1cc2c(cc1Br)OCCO2. The summed E-state index contributed by atoms with van der Waals surface area (Å²) in [6, 6.07) is 3.91. The van der Waals surface area contributed by atoms with Crippen LogP contribution in [-0.4, -0.2) is 44.8 Å². The summed E-state index contributed by atoms with van der Waals surface area (Å²) in [5.41, 5.74) is 1.10. The lowest BCUT2D eigenvalue weighted by molar-refractivity contribution is -0.140. The van der Waals surface area contributed by atoms with Crippen LogP contribution in [0.3, 0.4) is 0 Å². The van der Waals surface area contributed by atoms with Crippen LogP contribution in [-0.2, 0) is 16.1 Å². The fourth-order valence-electron chi connectivity index (χ4n) is 1.98. The Bertz CT molecular complexity index is 492. The maximum Gasteiger partial charge on any atom is 0.306 e. The van der Waals surface area contributed by atoms with Gasteiger partial charge in [-0.3, -0.25) is 4.79 Å². The van der Waals surface area contributed by atoms with Gasteiger partial charge in [0.1, 0.15) is 13.2 Å². The Balaban J connectivity index is 2.00. The summed E-state index contributed by atoms with van der Waals surface area (Å²) in [6.07, 6.45) is 0.384. The minimum atomic E-state index is -0.196. The van der Waals surface area contributed by atoms with Crippen molar-refractivity contribution < 1.29 is 19.0 Å². The number of methoxy groups -OCH3 is 1. The topological polar surface area (TPSA) is 48.0 Å². The highest BCUT2D eigenvalue weighted by molar-refractivity contribution is 9.10. The molecule has 1 aliphatic rings. The number of hydrogen-bond acceptors (Lipinski definition) is 5. The fourth-order valence-corrected chi connectivity index (χ4v) is 2.43. The van der Waals surface area contributed by atoms with E-state index >= 15 is 0 Å². The molecule has 0 saturated heterocycles. The molecule has 0 radical (unpaired) electrons. The predicted molar refractivity (Wildman–Crippen MR) is 78.1 cm³/mol. The second-order valence-electron chi connectivity index (χ2n) is 4.65. The summed E-state index contributed by atoms with van der Waals surface area (Å²) in [7, 11) is 3.37. The third kappa shape index (κ3) is 3.86. The monoisotopic (exact) mass is 343 g/mol. The minimum Gasteiger partial charge on any atom is -0.486 e. The van der Waals surface area contributed by atoms with Gasteiger partial charge < -0.3 is 19.1 Å². The van der Waals surface area contributed by atoms with E-state index in [2.05, 4.69) is 25.6 Å².